The molecular formula is C47H58N3O9S+. The summed E-state index contributed by atoms with van der Waals surface area (Å²) in [6.45, 7) is 19.0. The highest BCUT2D eigenvalue weighted by Gasteiger charge is 2.45. The molecule has 2 amide bonds. The van der Waals surface area contributed by atoms with E-state index in [1.54, 1.807) is 13.2 Å². The van der Waals surface area contributed by atoms with Gasteiger partial charge in [0, 0.05) is 85.3 Å². The Balaban J connectivity index is 1.26. The second-order valence-corrected chi connectivity index (χ2v) is 19.3. The van der Waals surface area contributed by atoms with Gasteiger partial charge in [-0.3, -0.25) is 14.1 Å². The number of amides is 2. The van der Waals surface area contributed by atoms with Crippen LogP contribution in [-0.4, -0.2) is 78.4 Å². The maximum absolute atomic E-state index is 12.4. The molecule has 6 rings (SSSR count). The molecule has 2 aromatic carbocycles. The minimum absolute atomic E-state index is 0.0410. The Hall–Kier alpha value is -5.11. The second kappa shape index (κ2) is 17.1. The van der Waals surface area contributed by atoms with E-state index in [9.17, 15) is 27.4 Å². The summed E-state index contributed by atoms with van der Waals surface area (Å²) in [5.41, 5.74) is 6.99. The van der Waals surface area contributed by atoms with Gasteiger partial charge in [-0.05, 0) is 82.9 Å². The molecule has 0 aliphatic carbocycles. The van der Waals surface area contributed by atoms with Crippen molar-refractivity contribution >= 4 is 56.1 Å². The van der Waals surface area contributed by atoms with Gasteiger partial charge in [0.15, 0.2) is 5.71 Å². The highest BCUT2D eigenvalue weighted by atomic mass is 32.2. The van der Waals surface area contributed by atoms with Crippen LogP contribution in [0.25, 0.3) is 11.1 Å². The van der Waals surface area contributed by atoms with Crippen LogP contribution in [0.1, 0.15) is 111 Å². The lowest BCUT2D eigenvalue weighted by atomic mass is 9.81. The zero-order valence-electron chi connectivity index (χ0n) is 36.3. The minimum atomic E-state index is -4.42. The molecule has 320 valence electrons. The number of unbranched alkanes of at least 4 members (excludes halogenated alkanes) is 2. The molecule has 60 heavy (non-hydrogen) atoms. The summed E-state index contributed by atoms with van der Waals surface area (Å²) >= 11 is 0. The Labute approximate surface area is 354 Å². The predicted octanol–water partition coefficient (Wildman–Crippen LogP) is 8.64. The number of carbonyl (C=O) groups is 3. The van der Waals surface area contributed by atoms with E-state index in [4.69, 9.17) is 14.3 Å². The number of ether oxygens (including phenoxy) is 2. The predicted molar refractivity (Wildman–Crippen MR) is 233 cm³/mol. The molecule has 0 saturated carbocycles. The first-order chi connectivity index (χ1) is 28.1. The highest BCUT2D eigenvalue weighted by Crippen LogP contribution is 2.47. The topological polar surface area (TPSA) is 143 Å². The summed E-state index contributed by atoms with van der Waals surface area (Å²) in [5, 5.41) is 0.566. The van der Waals surface area contributed by atoms with Crippen molar-refractivity contribution in [3.8, 4) is 5.75 Å². The standard InChI is InChI=1S/C47H57N3O9S/c1-31-30-46(5,6)49(24-25-57-9)38-29-39-35(28-34(31)38)32(26-41(58-39)45(2,3)4)16-12-10-13-17-40-47(7,8)36-27-33(60(54,55)56)19-20-37(36)48(40)23-15-11-14-18-44(53)59-50-42(51)21-22-43(50)52/h10,12-13,16-17,19-20,26-30H,11,14-15,18,21-25H2,1-9H3/p+1. The number of anilines is 1. The number of hydroxylamine groups is 2. The van der Waals surface area contributed by atoms with Crippen molar-refractivity contribution in [2.45, 2.75) is 110 Å². The van der Waals surface area contributed by atoms with E-state index in [-0.39, 0.29) is 35.1 Å². The molecule has 2 aromatic rings. The van der Waals surface area contributed by atoms with E-state index >= 15 is 0 Å². The van der Waals surface area contributed by atoms with Gasteiger partial charge in [0.2, 0.25) is 5.69 Å². The van der Waals surface area contributed by atoms with Crippen LogP contribution >= 0.6 is 0 Å². The third-order valence-electron chi connectivity index (χ3n) is 11.5. The number of carbonyl (C=O) groups excluding carboxylic acids is 3. The van der Waals surface area contributed by atoms with E-state index in [0.29, 0.717) is 37.5 Å². The number of allylic oxidation sites excluding steroid dienone is 9. The van der Waals surface area contributed by atoms with Crippen LogP contribution in [0.2, 0.25) is 0 Å². The molecule has 4 heterocycles. The number of hydrogen-bond donors (Lipinski definition) is 1. The average molecular weight is 841 g/mol. The van der Waals surface area contributed by atoms with Gasteiger partial charge in [0.25, 0.3) is 21.9 Å². The molecule has 0 unspecified atom stereocenters. The van der Waals surface area contributed by atoms with Gasteiger partial charge < -0.3 is 19.2 Å². The van der Waals surface area contributed by atoms with Crippen LogP contribution in [0.3, 0.4) is 0 Å². The number of benzene rings is 2. The fourth-order valence-electron chi connectivity index (χ4n) is 8.33. The summed E-state index contributed by atoms with van der Waals surface area (Å²) in [6, 6.07) is 9.05. The van der Waals surface area contributed by atoms with E-state index in [1.165, 1.54) is 17.7 Å². The van der Waals surface area contributed by atoms with Gasteiger partial charge in [0.1, 0.15) is 18.1 Å². The molecule has 0 atom stereocenters. The fourth-order valence-corrected chi connectivity index (χ4v) is 8.83. The van der Waals surface area contributed by atoms with E-state index < -0.39 is 33.3 Å². The zero-order chi connectivity index (χ0) is 43.8. The molecule has 12 nitrogen and oxygen atoms in total. The Bertz CT molecular complexity index is 2370. The highest BCUT2D eigenvalue weighted by molar-refractivity contribution is 7.85. The molecule has 1 saturated heterocycles. The van der Waals surface area contributed by atoms with Gasteiger partial charge in [-0.2, -0.15) is 13.0 Å². The number of methoxy groups -OCH3 is 1. The number of fused-ring (bicyclic) bond motifs is 3. The lowest BCUT2D eigenvalue weighted by Gasteiger charge is -2.44. The van der Waals surface area contributed by atoms with Gasteiger partial charge in [0.05, 0.1) is 22.5 Å². The molecule has 0 radical (unpaired) electrons. The first-order valence-corrected chi connectivity index (χ1v) is 22.0. The van der Waals surface area contributed by atoms with Crippen molar-refractivity contribution < 1.29 is 46.2 Å². The minimum Gasteiger partial charge on any atom is -0.460 e. The maximum atomic E-state index is 12.4. The number of nitrogens with zero attached hydrogens (tertiary/aromatic N) is 3. The van der Waals surface area contributed by atoms with Crippen LogP contribution in [0, 0.1) is 5.41 Å². The summed E-state index contributed by atoms with van der Waals surface area (Å²) in [5.74, 6) is 0.0227. The van der Waals surface area contributed by atoms with E-state index in [1.807, 2.05) is 38.2 Å². The van der Waals surface area contributed by atoms with Crippen molar-refractivity contribution in [3.05, 3.63) is 95.3 Å². The summed E-state index contributed by atoms with van der Waals surface area (Å²) in [7, 11) is -2.70. The van der Waals surface area contributed by atoms with Crippen LogP contribution in [0.4, 0.5) is 11.4 Å². The first-order valence-electron chi connectivity index (χ1n) is 20.6. The van der Waals surface area contributed by atoms with Crippen molar-refractivity contribution in [3.63, 3.8) is 0 Å². The summed E-state index contributed by atoms with van der Waals surface area (Å²) < 4.78 is 48.4. The maximum Gasteiger partial charge on any atom is 0.333 e. The summed E-state index contributed by atoms with van der Waals surface area (Å²) in [6.07, 6.45) is 16.5. The molecule has 1 N–H and O–H groups in total. The molecule has 0 bridgehead atoms. The van der Waals surface area contributed by atoms with Gasteiger partial charge >= 0.3 is 5.97 Å². The normalized spacial score (nSPS) is 19.2. The molecule has 0 aromatic heterocycles. The largest absolute Gasteiger partial charge is 0.460 e. The van der Waals surface area contributed by atoms with E-state index in [0.717, 1.165) is 57.4 Å². The smallest absolute Gasteiger partial charge is 0.333 e. The fraction of sp³-hybridized carbons (Fsp3) is 0.447. The van der Waals surface area contributed by atoms with Gasteiger partial charge in [-0.15, -0.1) is 5.06 Å². The molecule has 1 fully saturated rings. The van der Waals surface area contributed by atoms with Crippen LogP contribution in [-0.2, 0) is 39.5 Å². The Morgan fingerprint density at radius 1 is 0.983 bits per heavy atom. The average Bonchev–Trinajstić information content (AvgIpc) is 3.58. The Morgan fingerprint density at radius 3 is 2.37 bits per heavy atom. The third kappa shape index (κ3) is 9.28. The van der Waals surface area contributed by atoms with Crippen molar-refractivity contribution in [2.75, 3.05) is 31.7 Å². The molecular weight excluding hydrogens is 783 g/mol. The van der Waals surface area contributed by atoms with Gasteiger partial charge in [-0.25, -0.2) is 4.79 Å². The quantitative estimate of drug-likeness (QED) is 0.0646. The summed E-state index contributed by atoms with van der Waals surface area (Å²) in [4.78, 5) is 43.2. The lowest BCUT2D eigenvalue weighted by molar-refractivity contribution is -0.438. The van der Waals surface area contributed by atoms with E-state index in [2.05, 4.69) is 81.4 Å². The lowest BCUT2D eigenvalue weighted by Crippen LogP contribution is -2.46. The monoisotopic (exact) mass is 840 g/mol. The second-order valence-electron chi connectivity index (χ2n) is 17.9. The Kier molecular flexibility index (Phi) is 12.7. The van der Waals surface area contributed by atoms with Crippen LogP contribution in [0.15, 0.2) is 83.5 Å². The molecule has 13 heteroatoms. The number of imide groups is 1. The third-order valence-corrected chi connectivity index (χ3v) is 12.4. The Morgan fingerprint density at radius 2 is 1.70 bits per heavy atom. The molecule has 0 spiro atoms. The number of hydrogen-bond acceptors (Lipinski definition) is 9. The van der Waals surface area contributed by atoms with Crippen molar-refractivity contribution in [1.82, 2.24) is 5.06 Å². The SMILES string of the molecule is COCCN1c2cc3c(cc2C(C)=CC1(C)C)C(=CC=CC=CC1=[N+](CCCCCC(=O)ON2C(=O)CCC2=O)c2ccc(S(=O)(=O)O)cc2C1(C)C)C=C(C(C)(C)C)O3. The van der Waals surface area contributed by atoms with Crippen LogP contribution in [0.5, 0.6) is 5.75 Å². The van der Waals surface area contributed by atoms with Gasteiger partial charge in [-0.1, -0.05) is 51.2 Å². The number of rotatable bonds is 14. The molecule has 4 aliphatic heterocycles. The first kappa shape index (κ1) is 44.4. The van der Waals surface area contributed by atoms with Crippen LogP contribution < -0.4 is 9.64 Å². The van der Waals surface area contributed by atoms with Crippen molar-refractivity contribution in [2.24, 2.45) is 5.41 Å². The zero-order valence-corrected chi connectivity index (χ0v) is 37.1. The molecule has 4 aliphatic rings. The van der Waals surface area contributed by atoms with Crippen molar-refractivity contribution in [1.29, 1.82) is 0 Å².